The lowest BCUT2D eigenvalue weighted by Gasteiger charge is -2.33. The second-order valence-corrected chi connectivity index (χ2v) is 5.77. The average Bonchev–Trinajstić information content (AvgIpc) is 3.00. The summed E-state index contributed by atoms with van der Waals surface area (Å²) in [4.78, 5) is 12.7. The number of nitrogens with zero attached hydrogens (tertiary/aromatic N) is 1. The number of ether oxygens (including phenoxy) is 1. The van der Waals surface area contributed by atoms with Gasteiger partial charge in [0.2, 0.25) is 0 Å². The molecule has 1 aliphatic heterocycles. The Morgan fingerprint density at radius 1 is 1.19 bits per heavy atom. The summed E-state index contributed by atoms with van der Waals surface area (Å²) in [6, 6.07) is 10.0. The maximum absolute atomic E-state index is 13.6. The van der Waals surface area contributed by atoms with Crippen molar-refractivity contribution in [3.8, 4) is 5.75 Å². The third kappa shape index (κ3) is 3.33. The first-order valence-electron chi connectivity index (χ1n) is 7.69. The molecule has 0 fully saturated rings. The van der Waals surface area contributed by atoms with Crippen molar-refractivity contribution in [1.82, 2.24) is 10.4 Å². The van der Waals surface area contributed by atoms with Crippen molar-refractivity contribution in [2.24, 2.45) is 0 Å². The van der Waals surface area contributed by atoms with Crippen molar-refractivity contribution < 1.29 is 32.2 Å². The number of methoxy groups -OCH3 is 1. The van der Waals surface area contributed by atoms with E-state index >= 15 is 0 Å². The van der Waals surface area contributed by atoms with Crippen LogP contribution < -0.4 is 10.2 Å². The molecule has 27 heavy (non-hydrogen) atoms. The Kier molecular flexibility index (Phi) is 4.56. The zero-order valence-electron chi connectivity index (χ0n) is 13.9. The average molecular weight is 382 g/mol. The van der Waals surface area contributed by atoms with Gasteiger partial charge in [0, 0.05) is 11.6 Å². The highest BCUT2D eigenvalue weighted by Crippen LogP contribution is 2.40. The maximum atomic E-state index is 13.6. The summed E-state index contributed by atoms with van der Waals surface area (Å²) in [7, 11) is 1.35. The predicted molar refractivity (Wildman–Crippen MR) is 87.7 cm³/mol. The molecule has 0 radical (unpaired) electrons. The fourth-order valence-corrected chi connectivity index (χ4v) is 2.58. The first-order valence-corrected chi connectivity index (χ1v) is 7.69. The lowest BCUT2D eigenvalue weighted by Crippen LogP contribution is -2.60. The zero-order valence-corrected chi connectivity index (χ0v) is 13.9. The van der Waals surface area contributed by atoms with E-state index in [1.165, 1.54) is 43.5 Å². The number of alkyl halides is 3. The molecule has 2 aromatic rings. The van der Waals surface area contributed by atoms with Crippen molar-refractivity contribution >= 4 is 11.6 Å². The van der Waals surface area contributed by atoms with Crippen molar-refractivity contribution in [2.75, 3.05) is 7.11 Å². The van der Waals surface area contributed by atoms with Crippen molar-refractivity contribution in [1.29, 1.82) is 0 Å². The van der Waals surface area contributed by atoms with Crippen LogP contribution >= 0.6 is 0 Å². The van der Waals surface area contributed by atoms with Crippen LogP contribution in [0.15, 0.2) is 54.6 Å². The minimum Gasteiger partial charge on any atom is -0.497 e. The predicted octanol–water partition coefficient (Wildman–Crippen LogP) is 3.09. The van der Waals surface area contributed by atoms with E-state index in [2.05, 4.69) is 5.43 Å². The Hall–Kier alpha value is -3.07. The van der Waals surface area contributed by atoms with Gasteiger partial charge in [-0.15, -0.1) is 0 Å². The Morgan fingerprint density at radius 3 is 2.44 bits per heavy atom. The summed E-state index contributed by atoms with van der Waals surface area (Å²) in [5, 5.41) is 10.4. The van der Waals surface area contributed by atoms with E-state index in [4.69, 9.17) is 4.74 Å². The van der Waals surface area contributed by atoms with Gasteiger partial charge in [0.25, 0.3) is 11.6 Å². The number of hydrazine groups is 1. The summed E-state index contributed by atoms with van der Waals surface area (Å²) < 4.78 is 58.7. The van der Waals surface area contributed by atoms with Crippen molar-refractivity contribution in [3.05, 3.63) is 71.6 Å². The normalized spacial score (nSPS) is 19.5. The minimum atomic E-state index is -5.18. The molecule has 142 valence electrons. The molecule has 2 aromatic carbocycles. The number of carbonyl (C=O) groups excluding carboxylic acids is 1. The molecule has 0 spiro atoms. The van der Waals surface area contributed by atoms with E-state index in [9.17, 15) is 27.5 Å². The molecule has 0 bridgehead atoms. The molecule has 9 heteroatoms. The molecule has 0 aromatic heterocycles. The molecule has 0 saturated carbocycles. The summed E-state index contributed by atoms with van der Waals surface area (Å²) in [6.07, 6.45) is -4.71. The molecule has 1 amide bonds. The molecule has 1 atom stereocenters. The summed E-state index contributed by atoms with van der Waals surface area (Å²) in [5.41, 5.74) is -1.46. The lowest BCUT2D eigenvalue weighted by molar-refractivity contribution is -0.283. The number of amides is 1. The van der Waals surface area contributed by atoms with E-state index in [0.29, 0.717) is 6.08 Å². The highest BCUT2D eigenvalue weighted by atomic mass is 19.4. The van der Waals surface area contributed by atoms with Gasteiger partial charge in [-0.1, -0.05) is 6.07 Å². The highest BCUT2D eigenvalue weighted by Gasteiger charge is 2.61. The van der Waals surface area contributed by atoms with E-state index in [0.717, 1.165) is 12.1 Å². The fourth-order valence-electron chi connectivity index (χ4n) is 2.58. The number of benzene rings is 2. The monoisotopic (exact) mass is 382 g/mol. The van der Waals surface area contributed by atoms with Gasteiger partial charge >= 0.3 is 6.18 Å². The van der Waals surface area contributed by atoms with Crippen LogP contribution in [0.4, 0.5) is 17.6 Å². The molecular weight excluding hydrogens is 368 g/mol. The summed E-state index contributed by atoms with van der Waals surface area (Å²) in [6.45, 7) is 0. The topological polar surface area (TPSA) is 61.8 Å². The number of carbonyl (C=O) groups is 1. The van der Waals surface area contributed by atoms with Gasteiger partial charge in [-0.3, -0.25) is 10.2 Å². The van der Waals surface area contributed by atoms with E-state index in [-0.39, 0.29) is 27.6 Å². The molecule has 1 aliphatic rings. The molecular formula is C18H14F4N2O3. The van der Waals surface area contributed by atoms with E-state index in [1.54, 1.807) is 0 Å². The first kappa shape index (κ1) is 18.7. The van der Waals surface area contributed by atoms with Gasteiger partial charge in [-0.2, -0.15) is 13.2 Å². The van der Waals surface area contributed by atoms with Crippen molar-refractivity contribution in [3.63, 3.8) is 0 Å². The summed E-state index contributed by atoms with van der Waals surface area (Å²) >= 11 is 0. The fraction of sp³-hybridized carbons (Fsp3) is 0.167. The molecule has 0 unspecified atom stereocenters. The number of hydrogen-bond acceptors (Lipinski definition) is 4. The zero-order chi connectivity index (χ0) is 19.8. The maximum Gasteiger partial charge on any atom is 0.442 e. The molecule has 1 heterocycles. The molecule has 2 N–H and O–H groups in total. The van der Waals surface area contributed by atoms with E-state index < -0.39 is 23.6 Å². The number of nitrogens with one attached hydrogen (secondary N) is 1. The Labute approximate surface area is 151 Å². The second-order valence-electron chi connectivity index (χ2n) is 5.77. The van der Waals surface area contributed by atoms with Gasteiger partial charge < -0.3 is 9.84 Å². The van der Waals surface area contributed by atoms with Gasteiger partial charge in [0.05, 0.1) is 12.8 Å². The van der Waals surface area contributed by atoms with Gasteiger partial charge in [-0.05, 0) is 48.0 Å². The molecule has 3 rings (SSSR count). The standard InChI is InChI=1S/C18H14F4N2O3/c1-27-14-4-2-3-12(9-14)16(25)24-17(26,18(20,21)22)10-15(23-24)11-5-7-13(19)8-6-11/h2-10,23,26H,1H3/t17-/m0/s1. The van der Waals surface area contributed by atoms with Crippen LogP contribution in [0.5, 0.6) is 5.75 Å². The third-order valence-electron chi connectivity index (χ3n) is 4.01. The van der Waals surface area contributed by atoms with Crippen LogP contribution in [0.25, 0.3) is 5.70 Å². The highest BCUT2D eigenvalue weighted by molar-refractivity contribution is 5.96. The van der Waals surface area contributed by atoms with Crippen molar-refractivity contribution in [2.45, 2.75) is 11.9 Å². The smallest absolute Gasteiger partial charge is 0.442 e. The largest absolute Gasteiger partial charge is 0.497 e. The quantitative estimate of drug-likeness (QED) is 0.801. The molecule has 0 saturated heterocycles. The van der Waals surface area contributed by atoms with Crippen LogP contribution in [-0.4, -0.2) is 35.0 Å². The summed E-state index contributed by atoms with van der Waals surface area (Å²) in [5.74, 6) is -1.43. The minimum absolute atomic E-state index is 0.0838. The van der Waals surface area contributed by atoms with Gasteiger partial charge in [0.15, 0.2) is 0 Å². The van der Waals surface area contributed by atoms with Crippen LogP contribution in [-0.2, 0) is 0 Å². The van der Waals surface area contributed by atoms with Gasteiger partial charge in [0.1, 0.15) is 11.6 Å². The number of halogens is 4. The van der Waals surface area contributed by atoms with Crippen LogP contribution in [0, 0.1) is 5.82 Å². The Balaban J connectivity index is 2.01. The molecule has 0 aliphatic carbocycles. The first-order chi connectivity index (χ1) is 12.7. The molecule has 5 nitrogen and oxygen atoms in total. The van der Waals surface area contributed by atoms with Crippen LogP contribution in [0.1, 0.15) is 15.9 Å². The van der Waals surface area contributed by atoms with Gasteiger partial charge in [-0.25, -0.2) is 9.40 Å². The van der Waals surface area contributed by atoms with E-state index in [1.807, 2.05) is 0 Å². The number of aliphatic hydroxyl groups is 1. The Morgan fingerprint density at radius 2 is 1.85 bits per heavy atom. The lowest BCUT2D eigenvalue weighted by atomic mass is 10.1. The number of hydrogen-bond donors (Lipinski definition) is 2. The number of rotatable bonds is 3. The van der Waals surface area contributed by atoms with Crippen LogP contribution in [0.3, 0.4) is 0 Å². The van der Waals surface area contributed by atoms with Crippen LogP contribution in [0.2, 0.25) is 0 Å². The third-order valence-corrected chi connectivity index (χ3v) is 4.01. The Bertz CT molecular complexity index is 896. The second kappa shape index (κ2) is 6.58. The SMILES string of the molecule is COc1cccc(C(=O)N2NC(c3ccc(F)cc3)=C[C@]2(O)C(F)(F)F)c1.